The first-order chi connectivity index (χ1) is 6.72. The lowest BCUT2D eigenvalue weighted by Crippen LogP contribution is -2.04. The molecular weight excluding hydrogens is 177 g/mol. The molecule has 0 aromatic heterocycles. The van der Waals surface area contributed by atoms with Crippen molar-refractivity contribution in [2.45, 2.75) is 31.6 Å². The maximum absolute atomic E-state index is 13.0. The SMILES string of the molecule is CC1CC(CCN)c2ccc(F)cc21. The maximum Gasteiger partial charge on any atom is 0.123 e. The van der Waals surface area contributed by atoms with Gasteiger partial charge in [-0.15, -0.1) is 0 Å². The minimum absolute atomic E-state index is 0.121. The Bertz CT molecular complexity index is 335. The highest BCUT2D eigenvalue weighted by Gasteiger charge is 2.27. The van der Waals surface area contributed by atoms with Gasteiger partial charge in [-0.2, -0.15) is 0 Å². The Balaban J connectivity index is 2.34. The van der Waals surface area contributed by atoms with Crippen LogP contribution in [0.4, 0.5) is 4.39 Å². The first kappa shape index (κ1) is 9.66. The number of hydrogen-bond acceptors (Lipinski definition) is 1. The standard InChI is InChI=1S/C12H16FN/c1-8-6-9(4-5-14)11-3-2-10(13)7-12(8)11/h2-3,7-9H,4-6,14H2,1H3. The normalized spacial score (nSPS) is 25.1. The Kier molecular flexibility index (Phi) is 2.55. The molecule has 0 heterocycles. The van der Waals surface area contributed by atoms with Crippen molar-refractivity contribution in [3.63, 3.8) is 0 Å². The molecule has 2 heteroatoms. The molecule has 1 nitrogen and oxygen atoms in total. The summed E-state index contributed by atoms with van der Waals surface area (Å²) >= 11 is 0. The molecule has 0 aliphatic heterocycles. The van der Waals surface area contributed by atoms with E-state index in [2.05, 4.69) is 6.92 Å². The Morgan fingerprint density at radius 1 is 1.43 bits per heavy atom. The lowest BCUT2D eigenvalue weighted by Gasteiger charge is -2.08. The van der Waals surface area contributed by atoms with Gasteiger partial charge in [0, 0.05) is 0 Å². The van der Waals surface area contributed by atoms with E-state index in [0.717, 1.165) is 12.8 Å². The number of hydrogen-bond donors (Lipinski definition) is 1. The first-order valence-corrected chi connectivity index (χ1v) is 5.21. The van der Waals surface area contributed by atoms with Gasteiger partial charge in [0.25, 0.3) is 0 Å². The molecule has 1 aromatic rings. The number of rotatable bonds is 2. The third-order valence-electron chi connectivity index (χ3n) is 3.17. The van der Waals surface area contributed by atoms with Crippen LogP contribution in [0.2, 0.25) is 0 Å². The fourth-order valence-corrected chi connectivity index (χ4v) is 2.50. The van der Waals surface area contributed by atoms with E-state index in [4.69, 9.17) is 5.73 Å². The molecule has 1 aromatic carbocycles. The van der Waals surface area contributed by atoms with Gasteiger partial charge in [0.15, 0.2) is 0 Å². The van der Waals surface area contributed by atoms with Gasteiger partial charge in [0.05, 0.1) is 0 Å². The molecular formula is C12H16FN. The minimum Gasteiger partial charge on any atom is -0.330 e. The summed E-state index contributed by atoms with van der Waals surface area (Å²) in [6, 6.07) is 5.16. The summed E-state index contributed by atoms with van der Waals surface area (Å²) in [6.45, 7) is 2.88. The molecule has 2 unspecified atom stereocenters. The predicted octanol–water partition coefficient (Wildman–Crippen LogP) is 2.77. The van der Waals surface area contributed by atoms with E-state index in [0.29, 0.717) is 18.4 Å². The summed E-state index contributed by atoms with van der Waals surface area (Å²) in [4.78, 5) is 0. The van der Waals surface area contributed by atoms with Crippen LogP contribution >= 0.6 is 0 Å². The van der Waals surface area contributed by atoms with Gasteiger partial charge in [0.2, 0.25) is 0 Å². The van der Waals surface area contributed by atoms with Crippen molar-refractivity contribution in [1.82, 2.24) is 0 Å². The summed E-state index contributed by atoms with van der Waals surface area (Å²) < 4.78 is 13.0. The topological polar surface area (TPSA) is 26.0 Å². The fraction of sp³-hybridized carbons (Fsp3) is 0.500. The van der Waals surface area contributed by atoms with Crippen LogP contribution in [0.15, 0.2) is 18.2 Å². The Labute approximate surface area is 84.1 Å². The van der Waals surface area contributed by atoms with Crippen molar-refractivity contribution in [3.8, 4) is 0 Å². The molecule has 0 radical (unpaired) electrons. The second-order valence-electron chi connectivity index (χ2n) is 4.18. The molecule has 2 N–H and O–H groups in total. The highest BCUT2D eigenvalue weighted by molar-refractivity contribution is 5.38. The van der Waals surface area contributed by atoms with Crippen LogP contribution in [-0.4, -0.2) is 6.54 Å². The average molecular weight is 193 g/mol. The lowest BCUT2D eigenvalue weighted by atomic mass is 9.98. The molecule has 0 amide bonds. The molecule has 76 valence electrons. The predicted molar refractivity (Wildman–Crippen MR) is 55.8 cm³/mol. The van der Waals surface area contributed by atoms with Crippen LogP contribution in [0.25, 0.3) is 0 Å². The zero-order chi connectivity index (χ0) is 10.1. The van der Waals surface area contributed by atoms with Crippen LogP contribution in [0.1, 0.15) is 42.7 Å². The summed E-state index contributed by atoms with van der Waals surface area (Å²) in [5.74, 6) is 0.909. The van der Waals surface area contributed by atoms with Crippen LogP contribution in [-0.2, 0) is 0 Å². The second-order valence-corrected chi connectivity index (χ2v) is 4.18. The van der Waals surface area contributed by atoms with Crippen LogP contribution in [0.3, 0.4) is 0 Å². The van der Waals surface area contributed by atoms with Gasteiger partial charge in [-0.25, -0.2) is 4.39 Å². The Morgan fingerprint density at radius 2 is 2.21 bits per heavy atom. The van der Waals surface area contributed by atoms with Crippen LogP contribution in [0.5, 0.6) is 0 Å². The fourth-order valence-electron chi connectivity index (χ4n) is 2.50. The van der Waals surface area contributed by atoms with E-state index in [-0.39, 0.29) is 5.82 Å². The van der Waals surface area contributed by atoms with Crippen LogP contribution in [0, 0.1) is 5.82 Å². The first-order valence-electron chi connectivity index (χ1n) is 5.21. The van der Waals surface area contributed by atoms with Crippen molar-refractivity contribution in [2.24, 2.45) is 5.73 Å². The monoisotopic (exact) mass is 193 g/mol. The van der Waals surface area contributed by atoms with Crippen molar-refractivity contribution in [2.75, 3.05) is 6.54 Å². The highest BCUT2D eigenvalue weighted by atomic mass is 19.1. The quantitative estimate of drug-likeness (QED) is 0.768. The number of fused-ring (bicyclic) bond motifs is 1. The Morgan fingerprint density at radius 3 is 2.93 bits per heavy atom. The lowest BCUT2D eigenvalue weighted by molar-refractivity contribution is 0.584. The summed E-state index contributed by atoms with van der Waals surface area (Å²) in [5.41, 5.74) is 8.06. The van der Waals surface area contributed by atoms with Gasteiger partial charge in [-0.1, -0.05) is 13.0 Å². The van der Waals surface area contributed by atoms with E-state index in [1.807, 2.05) is 6.07 Å². The van der Waals surface area contributed by atoms with Gasteiger partial charge in [-0.05, 0) is 54.5 Å². The largest absolute Gasteiger partial charge is 0.330 e. The summed E-state index contributed by atoms with van der Waals surface area (Å²) in [7, 11) is 0. The number of benzene rings is 1. The zero-order valence-corrected chi connectivity index (χ0v) is 8.46. The summed E-state index contributed by atoms with van der Waals surface area (Å²) in [6.07, 6.45) is 2.14. The Hall–Kier alpha value is -0.890. The smallest absolute Gasteiger partial charge is 0.123 e. The minimum atomic E-state index is -0.121. The number of nitrogens with two attached hydrogens (primary N) is 1. The van der Waals surface area contributed by atoms with Crippen molar-refractivity contribution < 1.29 is 4.39 Å². The van der Waals surface area contributed by atoms with E-state index >= 15 is 0 Å². The molecule has 2 atom stereocenters. The van der Waals surface area contributed by atoms with Crippen molar-refractivity contribution in [1.29, 1.82) is 0 Å². The second kappa shape index (κ2) is 3.70. The maximum atomic E-state index is 13.0. The molecule has 0 bridgehead atoms. The van der Waals surface area contributed by atoms with Crippen molar-refractivity contribution >= 4 is 0 Å². The third kappa shape index (κ3) is 1.55. The van der Waals surface area contributed by atoms with E-state index < -0.39 is 0 Å². The van der Waals surface area contributed by atoms with Gasteiger partial charge in [-0.3, -0.25) is 0 Å². The van der Waals surface area contributed by atoms with E-state index in [1.54, 1.807) is 12.1 Å². The molecule has 1 aliphatic carbocycles. The van der Waals surface area contributed by atoms with Gasteiger partial charge < -0.3 is 5.73 Å². The molecule has 0 fully saturated rings. The van der Waals surface area contributed by atoms with E-state index in [9.17, 15) is 4.39 Å². The molecule has 2 rings (SSSR count). The van der Waals surface area contributed by atoms with Gasteiger partial charge in [0.1, 0.15) is 5.82 Å². The average Bonchev–Trinajstić information content (AvgIpc) is 2.44. The summed E-state index contributed by atoms with van der Waals surface area (Å²) in [5, 5.41) is 0. The molecule has 0 saturated carbocycles. The van der Waals surface area contributed by atoms with Gasteiger partial charge >= 0.3 is 0 Å². The molecule has 0 spiro atoms. The van der Waals surface area contributed by atoms with E-state index in [1.165, 1.54) is 11.1 Å². The number of halogens is 1. The van der Waals surface area contributed by atoms with Crippen LogP contribution < -0.4 is 5.73 Å². The molecule has 1 aliphatic rings. The zero-order valence-electron chi connectivity index (χ0n) is 8.46. The highest BCUT2D eigenvalue weighted by Crippen LogP contribution is 2.42. The third-order valence-corrected chi connectivity index (χ3v) is 3.17. The molecule has 0 saturated heterocycles. The molecule has 14 heavy (non-hydrogen) atoms. The van der Waals surface area contributed by atoms with Crippen molar-refractivity contribution in [3.05, 3.63) is 35.1 Å².